The molecule has 1 heterocycles. The normalized spacial score (nSPS) is 22.5. The number of nitrogens with zero attached hydrogens (tertiary/aromatic N) is 1. The third-order valence-corrected chi connectivity index (χ3v) is 4.27. The Hall–Kier alpha value is -1.39. The summed E-state index contributed by atoms with van der Waals surface area (Å²) >= 11 is 0. The van der Waals surface area contributed by atoms with Crippen molar-refractivity contribution in [1.82, 2.24) is 10.2 Å². The fraction of sp³-hybridized carbons (Fsp3) is 0.611. The Morgan fingerprint density at radius 2 is 2.09 bits per heavy atom. The number of nitrogens with one attached hydrogen (secondary N) is 1. The lowest BCUT2D eigenvalue weighted by Gasteiger charge is -2.38. The van der Waals surface area contributed by atoms with Crippen molar-refractivity contribution in [2.24, 2.45) is 5.92 Å². The number of benzene rings is 1. The van der Waals surface area contributed by atoms with Crippen LogP contribution in [-0.4, -0.2) is 43.7 Å². The minimum absolute atomic E-state index is 0.0924. The largest absolute Gasteiger partial charge is 0.469 e. The maximum absolute atomic E-state index is 11.6. The predicted molar refractivity (Wildman–Crippen MR) is 88.5 cm³/mol. The van der Waals surface area contributed by atoms with E-state index in [-0.39, 0.29) is 5.97 Å². The van der Waals surface area contributed by atoms with Gasteiger partial charge in [0.25, 0.3) is 0 Å². The highest BCUT2D eigenvalue weighted by atomic mass is 16.5. The molecule has 0 amide bonds. The van der Waals surface area contributed by atoms with E-state index in [0.717, 1.165) is 39.0 Å². The van der Waals surface area contributed by atoms with Crippen LogP contribution in [0.4, 0.5) is 0 Å². The summed E-state index contributed by atoms with van der Waals surface area (Å²) in [5, 5.41) is 3.65. The quantitative estimate of drug-likeness (QED) is 0.786. The van der Waals surface area contributed by atoms with E-state index in [0.29, 0.717) is 18.4 Å². The second-order valence-corrected chi connectivity index (χ2v) is 6.20. The van der Waals surface area contributed by atoms with Gasteiger partial charge in [0.05, 0.1) is 7.11 Å². The number of likely N-dealkylation sites (tertiary alicyclic amines) is 1. The zero-order valence-electron chi connectivity index (χ0n) is 13.8. The summed E-state index contributed by atoms with van der Waals surface area (Å²) in [7, 11) is 1.47. The molecule has 0 bridgehead atoms. The summed E-state index contributed by atoms with van der Waals surface area (Å²) in [6.45, 7) is 6.26. The Labute approximate surface area is 133 Å². The Kier molecular flexibility index (Phi) is 6.87. The van der Waals surface area contributed by atoms with Crippen molar-refractivity contribution in [2.75, 3.05) is 26.7 Å². The first-order valence-corrected chi connectivity index (χ1v) is 8.27. The van der Waals surface area contributed by atoms with E-state index >= 15 is 0 Å². The van der Waals surface area contributed by atoms with Crippen LogP contribution in [-0.2, 0) is 16.1 Å². The lowest BCUT2D eigenvalue weighted by Crippen LogP contribution is -2.49. The van der Waals surface area contributed by atoms with Gasteiger partial charge in [-0.25, -0.2) is 0 Å². The Bertz CT molecular complexity index is 450. The van der Waals surface area contributed by atoms with Gasteiger partial charge in [0.1, 0.15) is 0 Å². The molecule has 4 heteroatoms. The van der Waals surface area contributed by atoms with Gasteiger partial charge in [-0.15, -0.1) is 0 Å². The summed E-state index contributed by atoms with van der Waals surface area (Å²) < 4.78 is 4.83. The van der Waals surface area contributed by atoms with Crippen molar-refractivity contribution in [1.29, 1.82) is 0 Å². The van der Waals surface area contributed by atoms with Crippen LogP contribution in [0.1, 0.15) is 31.7 Å². The first kappa shape index (κ1) is 17.0. The number of rotatable bonds is 7. The molecule has 1 aliphatic heterocycles. The number of methoxy groups -OCH3 is 1. The van der Waals surface area contributed by atoms with Crippen LogP contribution >= 0.6 is 0 Å². The van der Waals surface area contributed by atoms with E-state index in [1.165, 1.54) is 12.7 Å². The topological polar surface area (TPSA) is 41.6 Å². The third-order valence-electron chi connectivity index (χ3n) is 4.27. The standard InChI is InChI=1S/C18H28N2O2/c1-3-9-20-13-16(11-18(21)22-2)10-17(14-20)19-12-15-7-5-4-6-8-15/h4-8,16-17,19H,3,9-14H2,1-2H3. The van der Waals surface area contributed by atoms with Crippen molar-refractivity contribution in [3.63, 3.8) is 0 Å². The summed E-state index contributed by atoms with van der Waals surface area (Å²) in [5.74, 6) is 0.297. The van der Waals surface area contributed by atoms with E-state index < -0.39 is 0 Å². The lowest BCUT2D eigenvalue weighted by molar-refractivity contribution is -0.142. The average molecular weight is 304 g/mol. The van der Waals surface area contributed by atoms with Crippen molar-refractivity contribution >= 4 is 5.97 Å². The van der Waals surface area contributed by atoms with Gasteiger partial charge in [0, 0.05) is 32.1 Å². The van der Waals surface area contributed by atoms with Gasteiger partial charge >= 0.3 is 5.97 Å². The summed E-state index contributed by atoms with van der Waals surface area (Å²) in [6, 6.07) is 10.9. The minimum Gasteiger partial charge on any atom is -0.469 e. The van der Waals surface area contributed by atoms with Crippen LogP contribution in [0.5, 0.6) is 0 Å². The molecule has 0 saturated carbocycles. The molecule has 1 aromatic carbocycles. The van der Waals surface area contributed by atoms with Gasteiger partial charge in [0.2, 0.25) is 0 Å². The molecule has 4 nitrogen and oxygen atoms in total. The molecular weight excluding hydrogens is 276 g/mol. The summed E-state index contributed by atoms with van der Waals surface area (Å²) in [4.78, 5) is 14.0. The zero-order valence-corrected chi connectivity index (χ0v) is 13.8. The van der Waals surface area contributed by atoms with Crippen LogP contribution in [0.3, 0.4) is 0 Å². The SMILES string of the molecule is CCCN1CC(CC(=O)OC)CC(NCc2ccccc2)C1. The smallest absolute Gasteiger partial charge is 0.305 e. The van der Waals surface area contributed by atoms with Crippen LogP contribution in [0, 0.1) is 5.92 Å². The summed E-state index contributed by atoms with van der Waals surface area (Å²) in [5.41, 5.74) is 1.31. The van der Waals surface area contributed by atoms with Gasteiger partial charge in [0.15, 0.2) is 0 Å². The van der Waals surface area contributed by atoms with Crippen LogP contribution in [0.25, 0.3) is 0 Å². The molecule has 2 atom stereocenters. The Morgan fingerprint density at radius 1 is 1.32 bits per heavy atom. The van der Waals surface area contributed by atoms with Gasteiger partial charge in [-0.2, -0.15) is 0 Å². The van der Waals surface area contributed by atoms with Gasteiger partial charge < -0.3 is 15.0 Å². The molecule has 1 N–H and O–H groups in total. The molecule has 2 unspecified atom stereocenters. The number of esters is 1. The lowest BCUT2D eigenvalue weighted by atomic mass is 9.91. The second-order valence-electron chi connectivity index (χ2n) is 6.20. The van der Waals surface area contributed by atoms with Gasteiger partial charge in [-0.3, -0.25) is 4.79 Å². The highest BCUT2D eigenvalue weighted by Crippen LogP contribution is 2.21. The van der Waals surface area contributed by atoms with Crippen LogP contribution in [0.15, 0.2) is 30.3 Å². The summed E-state index contributed by atoms with van der Waals surface area (Å²) in [6.07, 6.45) is 2.72. The molecule has 122 valence electrons. The molecule has 2 rings (SSSR count). The van der Waals surface area contributed by atoms with Gasteiger partial charge in [-0.1, -0.05) is 37.3 Å². The Balaban J connectivity index is 1.89. The molecule has 0 spiro atoms. The van der Waals surface area contributed by atoms with E-state index in [9.17, 15) is 4.79 Å². The zero-order chi connectivity index (χ0) is 15.8. The van der Waals surface area contributed by atoms with E-state index in [4.69, 9.17) is 4.74 Å². The first-order chi connectivity index (χ1) is 10.7. The molecule has 1 aromatic rings. The maximum atomic E-state index is 11.6. The van der Waals surface area contributed by atoms with Crippen LogP contribution in [0.2, 0.25) is 0 Å². The van der Waals surface area contributed by atoms with E-state index in [1.807, 2.05) is 6.07 Å². The van der Waals surface area contributed by atoms with Crippen molar-refractivity contribution in [3.05, 3.63) is 35.9 Å². The number of hydrogen-bond acceptors (Lipinski definition) is 4. The maximum Gasteiger partial charge on any atom is 0.305 e. The highest BCUT2D eigenvalue weighted by molar-refractivity contribution is 5.69. The number of hydrogen-bond donors (Lipinski definition) is 1. The minimum atomic E-state index is -0.0924. The van der Waals surface area contributed by atoms with E-state index in [2.05, 4.69) is 41.4 Å². The number of carbonyl (C=O) groups is 1. The number of carbonyl (C=O) groups excluding carboxylic acids is 1. The molecule has 1 fully saturated rings. The monoisotopic (exact) mass is 304 g/mol. The first-order valence-electron chi connectivity index (χ1n) is 8.27. The number of ether oxygens (including phenoxy) is 1. The van der Waals surface area contributed by atoms with E-state index in [1.54, 1.807) is 0 Å². The van der Waals surface area contributed by atoms with Gasteiger partial charge in [-0.05, 0) is 30.9 Å². The molecular formula is C18H28N2O2. The average Bonchev–Trinajstić information content (AvgIpc) is 2.54. The van der Waals surface area contributed by atoms with Crippen LogP contribution < -0.4 is 5.32 Å². The molecule has 1 aliphatic rings. The Morgan fingerprint density at radius 3 is 2.77 bits per heavy atom. The van der Waals surface area contributed by atoms with Crippen molar-refractivity contribution < 1.29 is 9.53 Å². The predicted octanol–water partition coefficient (Wildman–Crippen LogP) is 2.44. The number of piperidine rings is 1. The molecule has 0 aliphatic carbocycles. The highest BCUT2D eigenvalue weighted by Gasteiger charge is 2.28. The molecule has 0 aromatic heterocycles. The molecule has 22 heavy (non-hydrogen) atoms. The molecule has 1 saturated heterocycles. The third kappa shape index (κ3) is 5.43. The fourth-order valence-electron chi connectivity index (χ4n) is 3.27. The fourth-order valence-corrected chi connectivity index (χ4v) is 3.27. The molecule has 0 radical (unpaired) electrons. The second kappa shape index (κ2) is 8.91. The van der Waals surface area contributed by atoms with Crippen molar-refractivity contribution in [3.8, 4) is 0 Å². The van der Waals surface area contributed by atoms with Crippen molar-refractivity contribution in [2.45, 2.75) is 38.8 Å².